The van der Waals surface area contributed by atoms with E-state index in [0.29, 0.717) is 28.9 Å². The molecule has 0 aliphatic carbocycles. The highest BCUT2D eigenvalue weighted by Gasteiger charge is 2.25. The maximum atomic E-state index is 12.5. The van der Waals surface area contributed by atoms with Crippen LogP contribution in [-0.4, -0.2) is 42.6 Å². The number of hydrogen-bond donors (Lipinski definition) is 0. The Hall–Kier alpha value is -1.89. The molecule has 0 aliphatic rings. The third-order valence-corrected chi connectivity index (χ3v) is 5.02. The molecule has 0 aliphatic heterocycles. The second-order valence-corrected chi connectivity index (χ2v) is 8.32. The number of fused-ring (bicyclic) bond motifs is 1. The molecular formula is C17H24N2O4S. The number of carbonyl (C=O) groups is 1. The molecular weight excluding hydrogens is 328 g/mol. The predicted octanol–water partition coefficient (Wildman–Crippen LogP) is 2.91. The van der Waals surface area contributed by atoms with E-state index in [9.17, 15) is 13.2 Å². The Morgan fingerprint density at radius 2 is 2.12 bits per heavy atom. The Balaban J connectivity index is 2.50. The van der Waals surface area contributed by atoms with Crippen LogP contribution in [0, 0.1) is 6.92 Å². The van der Waals surface area contributed by atoms with Gasteiger partial charge in [-0.05, 0) is 32.4 Å². The maximum absolute atomic E-state index is 12.5. The lowest BCUT2D eigenvalue weighted by Gasteiger charge is -2.16. The number of esters is 1. The quantitative estimate of drug-likeness (QED) is 0.565. The summed E-state index contributed by atoms with van der Waals surface area (Å²) in [6.07, 6.45) is 4.60. The first-order valence-electron chi connectivity index (χ1n) is 8.06. The van der Waals surface area contributed by atoms with Crippen molar-refractivity contribution in [2.75, 3.05) is 18.6 Å². The highest BCUT2D eigenvalue weighted by Crippen LogP contribution is 2.28. The van der Waals surface area contributed by atoms with Gasteiger partial charge in [0.25, 0.3) is 0 Å². The van der Waals surface area contributed by atoms with Crippen LogP contribution in [0.25, 0.3) is 11.0 Å². The fourth-order valence-electron chi connectivity index (χ4n) is 2.95. The molecule has 0 bridgehead atoms. The first-order chi connectivity index (χ1) is 11.3. The zero-order chi connectivity index (χ0) is 17.9. The fourth-order valence-corrected chi connectivity index (χ4v) is 3.97. The third kappa shape index (κ3) is 3.95. The monoisotopic (exact) mass is 352 g/mol. The number of pyridine rings is 1. The van der Waals surface area contributed by atoms with E-state index in [0.717, 1.165) is 12.8 Å². The summed E-state index contributed by atoms with van der Waals surface area (Å²) in [5.74, 6) is -0.400. The molecule has 0 radical (unpaired) electrons. The molecule has 2 heterocycles. The molecule has 24 heavy (non-hydrogen) atoms. The van der Waals surface area contributed by atoms with Crippen molar-refractivity contribution in [1.29, 1.82) is 0 Å². The molecule has 2 aromatic rings. The Morgan fingerprint density at radius 1 is 1.42 bits per heavy atom. The van der Waals surface area contributed by atoms with E-state index in [1.165, 1.54) is 6.26 Å². The fraction of sp³-hybridized carbons (Fsp3) is 0.529. The van der Waals surface area contributed by atoms with Crippen LogP contribution in [-0.2, 0) is 14.6 Å². The molecule has 7 heteroatoms. The van der Waals surface area contributed by atoms with Gasteiger partial charge in [0, 0.05) is 29.6 Å². The topological polar surface area (TPSA) is 78.3 Å². The molecule has 2 aromatic heterocycles. The predicted molar refractivity (Wildman–Crippen MR) is 94.1 cm³/mol. The number of carbonyl (C=O) groups excluding carboxylic acids is 1. The molecule has 0 N–H and O–H groups in total. The van der Waals surface area contributed by atoms with Crippen LogP contribution in [0.3, 0.4) is 0 Å². The van der Waals surface area contributed by atoms with Gasteiger partial charge in [-0.3, -0.25) is 0 Å². The van der Waals surface area contributed by atoms with Gasteiger partial charge in [-0.25, -0.2) is 18.2 Å². The average molecular weight is 352 g/mol. The summed E-state index contributed by atoms with van der Waals surface area (Å²) in [5, 5.41) is 0.692. The molecule has 0 saturated carbocycles. The van der Waals surface area contributed by atoms with Crippen molar-refractivity contribution in [2.45, 2.75) is 39.7 Å². The molecule has 132 valence electrons. The van der Waals surface area contributed by atoms with Crippen LogP contribution in [0.15, 0.2) is 18.3 Å². The van der Waals surface area contributed by atoms with Gasteiger partial charge in [-0.2, -0.15) is 0 Å². The van der Waals surface area contributed by atoms with Crippen LogP contribution in [0.2, 0.25) is 0 Å². The van der Waals surface area contributed by atoms with E-state index in [1.807, 2.05) is 24.5 Å². The third-order valence-electron chi connectivity index (χ3n) is 3.93. The second kappa shape index (κ2) is 7.34. The molecule has 6 nitrogen and oxygen atoms in total. The molecule has 2 rings (SSSR count). The molecule has 0 amide bonds. The summed E-state index contributed by atoms with van der Waals surface area (Å²) >= 11 is 0. The highest BCUT2D eigenvalue weighted by atomic mass is 32.2. The Morgan fingerprint density at radius 3 is 2.75 bits per heavy atom. The molecule has 0 fully saturated rings. The van der Waals surface area contributed by atoms with Crippen molar-refractivity contribution in [1.82, 2.24) is 9.55 Å². The largest absolute Gasteiger partial charge is 0.462 e. The number of ether oxygens (including phenoxy) is 1. The average Bonchev–Trinajstić information content (AvgIpc) is 2.77. The van der Waals surface area contributed by atoms with E-state index in [-0.39, 0.29) is 17.8 Å². The van der Waals surface area contributed by atoms with Crippen molar-refractivity contribution in [3.05, 3.63) is 29.6 Å². The van der Waals surface area contributed by atoms with Gasteiger partial charge in [0.2, 0.25) is 0 Å². The van der Waals surface area contributed by atoms with E-state index < -0.39 is 9.84 Å². The van der Waals surface area contributed by atoms with Gasteiger partial charge < -0.3 is 9.30 Å². The van der Waals surface area contributed by atoms with Gasteiger partial charge in [0.1, 0.15) is 15.5 Å². The van der Waals surface area contributed by atoms with E-state index in [1.54, 1.807) is 19.2 Å². The Labute approximate surface area is 142 Å². The van der Waals surface area contributed by atoms with Crippen molar-refractivity contribution < 1.29 is 17.9 Å². The number of aromatic nitrogens is 2. The first kappa shape index (κ1) is 18.4. The van der Waals surface area contributed by atoms with Gasteiger partial charge in [-0.15, -0.1) is 0 Å². The van der Waals surface area contributed by atoms with Crippen molar-refractivity contribution in [2.24, 2.45) is 0 Å². The molecule has 1 atom stereocenters. The Kier molecular flexibility index (Phi) is 5.64. The molecule has 0 aromatic carbocycles. The Bertz CT molecular complexity index is 840. The van der Waals surface area contributed by atoms with Crippen LogP contribution in [0.4, 0.5) is 0 Å². The van der Waals surface area contributed by atoms with E-state index in [2.05, 4.69) is 4.98 Å². The van der Waals surface area contributed by atoms with Gasteiger partial charge in [0.15, 0.2) is 0 Å². The zero-order valence-corrected chi connectivity index (χ0v) is 15.4. The lowest BCUT2D eigenvalue weighted by Crippen LogP contribution is -2.18. The molecule has 1 unspecified atom stereocenters. The summed E-state index contributed by atoms with van der Waals surface area (Å²) in [4.78, 5) is 16.8. The van der Waals surface area contributed by atoms with Gasteiger partial charge >= 0.3 is 5.97 Å². The minimum absolute atomic E-state index is 0.0154. The minimum Gasteiger partial charge on any atom is -0.462 e. The van der Waals surface area contributed by atoms with Crippen molar-refractivity contribution in [3.8, 4) is 0 Å². The lowest BCUT2D eigenvalue weighted by molar-refractivity contribution is 0.0501. The summed E-state index contributed by atoms with van der Waals surface area (Å²) in [6.45, 7) is 6.02. The zero-order valence-electron chi connectivity index (χ0n) is 14.6. The number of sulfone groups is 1. The lowest BCUT2D eigenvalue weighted by atomic mass is 10.2. The van der Waals surface area contributed by atoms with Crippen LogP contribution >= 0.6 is 0 Å². The van der Waals surface area contributed by atoms with Crippen molar-refractivity contribution >= 4 is 26.8 Å². The summed E-state index contributed by atoms with van der Waals surface area (Å²) in [5.41, 5.74) is 1.75. The van der Waals surface area contributed by atoms with Crippen LogP contribution in [0.1, 0.15) is 48.8 Å². The van der Waals surface area contributed by atoms with Gasteiger partial charge in [-0.1, -0.05) is 13.3 Å². The highest BCUT2D eigenvalue weighted by molar-refractivity contribution is 7.90. The van der Waals surface area contributed by atoms with Crippen LogP contribution < -0.4 is 0 Å². The minimum atomic E-state index is -3.15. The smallest absolute Gasteiger partial charge is 0.340 e. The number of nitrogens with zero attached hydrogens (tertiary/aromatic N) is 2. The summed E-state index contributed by atoms with van der Waals surface area (Å²) in [7, 11) is -3.15. The number of hydrogen-bond acceptors (Lipinski definition) is 5. The molecule has 0 saturated heterocycles. The van der Waals surface area contributed by atoms with Crippen LogP contribution in [0.5, 0.6) is 0 Å². The van der Waals surface area contributed by atoms with E-state index in [4.69, 9.17) is 4.74 Å². The SMILES string of the molecule is CCCCOC(=O)c1c(C)n(C(C)CS(C)(=O)=O)c2ncccc12. The van der Waals surface area contributed by atoms with Gasteiger partial charge in [0.05, 0.1) is 17.9 Å². The second-order valence-electron chi connectivity index (χ2n) is 6.14. The standard InChI is InChI=1S/C17H24N2O4S/c1-5-6-10-23-17(20)15-13(3)19(12(2)11-24(4,21)22)16-14(15)8-7-9-18-16/h7-9,12H,5-6,10-11H2,1-4H3. The molecule has 0 spiro atoms. The number of rotatable bonds is 7. The van der Waals surface area contributed by atoms with E-state index >= 15 is 0 Å². The van der Waals surface area contributed by atoms with Crippen molar-refractivity contribution in [3.63, 3.8) is 0 Å². The number of unbranched alkanes of at least 4 members (excludes halogenated alkanes) is 1. The first-order valence-corrected chi connectivity index (χ1v) is 10.1. The normalized spacial score (nSPS) is 13.2. The summed E-state index contributed by atoms with van der Waals surface area (Å²) in [6, 6.07) is 3.25. The maximum Gasteiger partial charge on any atom is 0.340 e. The summed E-state index contributed by atoms with van der Waals surface area (Å²) < 4.78 is 30.5.